The standard InChI is InChI=1S/C15H17F3N2O3/c1-3-23-12-6-4-11(5-7-12)8-13(21)20-14(22,15(16,17)18)9-10(2)19-20/h4-7,22H,3,8-9H2,1-2H3/t14-/m1/s1. The van der Waals surface area contributed by atoms with Crippen LogP contribution in [0.15, 0.2) is 29.4 Å². The molecule has 0 fully saturated rings. The van der Waals surface area contributed by atoms with Crippen LogP contribution in [0.2, 0.25) is 0 Å². The lowest BCUT2D eigenvalue weighted by Gasteiger charge is -2.32. The van der Waals surface area contributed by atoms with Gasteiger partial charge in [0, 0.05) is 12.1 Å². The van der Waals surface area contributed by atoms with Crippen molar-refractivity contribution in [1.82, 2.24) is 5.01 Å². The van der Waals surface area contributed by atoms with E-state index in [1.807, 2.05) is 6.92 Å². The molecule has 0 saturated heterocycles. The molecule has 0 spiro atoms. The number of ether oxygens (including phenoxy) is 1. The van der Waals surface area contributed by atoms with E-state index in [2.05, 4.69) is 5.10 Å². The van der Waals surface area contributed by atoms with Crippen molar-refractivity contribution in [1.29, 1.82) is 0 Å². The highest BCUT2D eigenvalue weighted by Crippen LogP contribution is 2.40. The number of hydrazone groups is 1. The number of benzene rings is 1. The third kappa shape index (κ3) is 3.47. The van der Waals surface area contributed by atoms with Crippen LogP contribution in [0.1, 0.15) is 25.8 Å². The number of carbonyl (C=O) groups is 1. The summed E-state index contributed by atoms with van der Waals surface area (Å²) in [6.07, 6.45) is -6.03. The second-order valence-electron chi connectivity index (χ2n) is 5.29. The molecule has 0 saturated carbocycles. The molecule has 8 heteroatoms. The van der Waals surface area contributed by atoms with Gasteiger partial charge in [-0.15, -0.1) is 0 Å². The number of rotatable bonds is 4. The summed E-state index contributed by atoms with van der Waals surface area (Å²) in [6.45, 7) is 3.64. The normalized spacial score (nSPS) is 21.3. The summed E-state index contributed by atoms with van der Waals surface area (Å²) >= 11 is 0. The lowest BCUT2D eigenvalue weighted by atomic mass is 10.1. The van der Waals surface area contributed by atoms with Crippen LogP contribution in [0, 0.1) is 0 Å². The Morgan fingerprint density at radius 3 is 2.52 bits per heavy atom. The van der Waals surface area contributed by atoms with Gasteiger partial charge in [0.2, 0.25) is 5.91 Å². The first-order chi connectivity index (χ1) is 10.7. The fourth-order valence-electron chi connectivity index (χ4n) is 2.32. The Morgan fingerprint density at radius 1 is 1.39 bits per heavy atom. The molecule has 0 bridgehead atoms. The Balaban J connectivity index is 2.15. The summed E-state index contributed by atoms with van der Waals surface area (Å²) in [5.74, 6) is -0.323. The Kier molecular flexibility index (Phi) is 4.65. The van der Waals surface area contributed by atoms with Crippen molar-refractivity contribution in [3.05, 3.63) is 29.8 Å². The molecule has 1 aromatic carbocycles. The first kappa shape index (κ1) is 17.3. The van der Waals surface area contributed by atoms with Crippen LogP contribution in [0.4, 0.5) is 13.2 Å². The Bertz CT molecular complexity index is 613. The molecule has 2 rings (SSSR count). The number of nitrogens with zero attached hydrogens (tertiary/aromatic N) is 2. The van der Waals surface area contributed by atoms with Gasteiger partial charge in [-0.3, -0.25) is 4.79 Å². The van der Waals surface area contributed by atoms with E-state index in [0.29, 0.717) is 17.9 Å². The molecule has 23 heavy (non-hydrogen) atoms. The smallest absolute Gasteiger partial charge is 0.438 e. The van der Waals surface area contributed by atoms with Gasteiger partial charge in [0.1, 0.15) is 5.75 Å². The zero-order valence-electron chi connectivity index (χ0n) is 12.7. The van der Waals surface area contributed by atoms with Crippen LogP contribution >= 0.6 is 0 Å². The molecule has 1 aromatic rings. The van der Waals surface area contributed by atoms with Gasteiger partial charge in [-0.1, -0.05) is 12.1 Å². The van der Waals surface area contributed by atoms with Crippen LogP contribution in [0.3, 0.4) is 0 Å². The van der Waals surface area contributed by atoms with E-state index in [4.69, 9.17) is 4.74 Å². The predicted octanol–water partition coefficient (Wildman–Crippen LogP) is 2.49. The van der Waals surface area contributed by atoms with Crippen molar-refractivity contribution in [2.45, 2.75) is 38.6 Å². The monoisotopic (exact) mass is 330 g/mol. The molecule has 5 nitrogen and oxygen atoms in total. The van der Waals surface area contributed by atoms with Crippen LogP contribution in [-0.4, -0.2) is 40.2 Å². The van der Waals surface area contributed by atoms with Gasteiger partial charge in [0.25, 0.3) is 5.72 Å². The summed E-state index contributed by atoms with van der Waals surface area (Å²) in [7, 11) is 0. The topological polar surface area (TPSA) is 62.1 Å². The van der Waals surface area contributed by atoms with E-state index in [9.17, 15) is 23.1 Å². The highest BCUT2D eigenvalue weighted by atomic mass is 19.4. The maximum absolute atomic E-state index is 13.1. The fourth-order valence-corrected chi connectivity index (χ4v) is 2.32. The van der Waals surface area contributed by atoms with Crippen LogP contribution in [0.25, 0.3) is 0 Å². The first-order valence-electron chi connectivity index (χ1n) is 7.05. The van der Waals surface area contributed by atoms with E-state index in [-0.39, 0.29) is 17.1 Å². The Morgan fingerprint density at radius 2 is 2.00 bits per heavy atom. The van der Waals surface area contributed by atoms with E-state index >= 15 is 0 Å². The summed E-state index contributed by atoms with van der Waals surface area (Å²) in [5, 5.41) is 13.6. The molecule has 1 aliphatic heterocycles. The molecule has 1 amide bonds. The van der Waals surface area contributed by atoms with Crippen molar-refractivity contribution in [2.24, 2.45) is 5.10 Å². The summed E-state index contributed by atoms with van der Waals surface area (Å²) in [4.78, 5) is 12.2. The van der Waals surface area contributed by atoms with Gasteiger partial charge >= 0.3 is 6.18 Å². The fraction of sp³-hybridized carbons (Fsp3) is 0.467. The number of alkyl halides is 3. The van der Waals surface area contributed by atoms with Gasteiger partial charge in [0.15, 0.2) is 0 Å². The molecule has 1 atom stereocenters. The number of hydrogen-bond acceptors (Lipinski definition) is 4. The maximum atomic E-state index is 13.1. The van der Waals surface area contributed by atoms with Crippen LogP contribution < -0.4 is 4.74 Å². The third-order valence-corrected chi connectivity index (χ3v) is 3.40. The van der Waals surface area contributed by atoms with Crippen molar-refractivity contribution < 1.29 is 27.8 Å². The van der Waals surface area contributed by atoms with Gasteiger partial charge in [-0.2, -0.15) is 23.3 Å². The maximum Gasteiger partial charge on any atom is 0.438 e. The first-order valence-corrected chi connectivity index (χ1v) is 7.05. The highest BCUT2D eigenvalue weighted by molar-refractivity contribution is 5.89. The molecule has 1 heterocycles. The third-order valence-electron chi connectivity index (χ3n) is 3.40. The second kappa shape index (κ2) is 6.19. The van der Waals surface area contributed by atoms with Crippen LogP contribution in [0.5, 0.6) is 5.75 Å². The average molecular weight is 330 g/mol. The molecule has 1 aliphatic rings. The van der Waals surface area contributed by atoms with Crippen molar-refractivity contribution in [3.8, 4) is 5.75 Å². The lowest BCUT2D eigenvalue weighted by molar-refractivity contribution is -0.302. The van der Waals surface area contributed by atoms with E-state index in [1.165, 1.54) is 6.92 Å². The summed E-state index contributed by atoms with van der Waals surface area (Å²) in [6, 6.07) is 6.42. The van der Waals surface area contributed by atoms with Crippen molar-refractivity contribution >= 4 is 11.6 Å². The van der Waals surface area contributed by atoms with Gasteiger partial charge < -0.3 is 9.84 Å². The highest BCUT2D eigenvalue weighted by Gasteiger charge is 2.62. The number of carbonyl (C=O) groups excluding carboxylic acids is 1. The quantitative estimate of drug-likeness (QED) is 0.922. The molecule has 0 aromatic heterocycles. The molecule has 126 valence electrons. The predicted molar refractivity (Wildman–Crippen MR) is 76.9 cm³/mol. The average Bonchev–Trinajstić information content (AvgIpc) is 2.77. The zero-order chi connectivity index (χ0) is 17.3. The number of halogens is 3. The van der Waals surface area contributed by atoms with E-state index < -0.39 is 24.2 Å². The lowest BCUT2D eigenvalue weighted by Crippen LogP contribution is -2.57. The van der Waals surface area contributed by atoms with E-state index in [1.54, 1.807) is 24.3 Å². The molecule has 1 N–H and O–H groups in total. The van der Waals surface area contributed by atoms with Crippen molar-refractivity contribution in [2.75, 3.05) is 6.61 Å². The van der Waals surface area contributed by atoms with E-state index in [0.717, 1.165) is 0 Å². The Hall–Kier alpha value is -2.09. The molecule has 0 aliphatic carbocycles. The van der Waals surface area contributed by atoms with Gasteiger partial charge in [-0.25, -0.2) is 0 Å². The van der Waals surface area contributed by atoms with Gasteiger partial charge in [-0.05, 0) is 31.5 Å². The second-order valence-corrected chi connectivity index (χ2v) is 5.29. The number of aliphatic hydroxyl groups is 1. The minimum absolute atomic E-state index is 0.0462. The summed E-state index contributed by atoms with van der Waals surface area (Å²) in [5.41, 5.74) is -2.73. The zero-order valence-corrected chi connectivity index (χ0v) is 12.7. The molecular formula is C15H17F3N2O3. The molecular weight excluding hydrogens is 313 g/mol. The number of hydrogen-bond donors (Lipinski definition) is 1. The minimum atomic E-state index is -4.98. The largest absolute Gasteiger partial charge is 0.494 e. The summed E-state index contributed by atoms with van der Waals surface area (Å²) < 4.78 is 44.5. The van der Waals surface area contributed by atoms with Gasteiger partial charge in [0.05, 0.1) is 13.0 Å². The van der Waals surface area contributed by atoms with Crippen molar-refractivity contribution in [3.63, 3.8) is 0 Å². The SMILES string of the molecule is CCOc1ccc(CC(=O)N2N=C(C)C[C@@]2(O)C(F)(F)F)cc1. The van der Waals surface area contributed by atoms with Crippen LogP contribution in [-0.2, 0) is 11.2 Å². The molecule has 0 unspecified atom stereocenters. The Labute approximate surface area is 131 Å². The molecule has 0 radical (unpaired) electrons. The number of amides is 1. The minimum Gasteiger partial charge on any atom is -0.494 e.